The molecule has 3 heterocycles. The number of fused-ring (bicyclic) bond motifs is 1. The Morgan fingerprint density at radius 3 is 2.73 bits per heavy atom. The highest BCUT2D eigenvalue weighted by atomic mass is 19.1. The SMILES string of the molecule is CNC1(C=C(C#N)C(=O)N2CCC[C@@H](n3nc(-c4ccc(Oc5ccccc5)cc4F)c4c(N)ncnc43)C2)CC1. The first kappa shape index (κ1) is 26.4. The van der Waals surface area contributed by atoms with Crippen molar-refractivity contribution in [2.24, 2.45) is 0 Å². The van der Waals surface area contributed by atoms with Gasteiger partial charge in [0.05, 0.1) is 11.4 Å². The summed E-state index contributed by atoms with van der Waals surface area (Å²) < 4.78 is 23.0. The lowest BCUT2D eigenvalue weighted by molar-refractivity contribution is -0.128. The van der Waals surface area contributed by atoms with Gasteiger partial charge in [-0.1, -0.05) is 18.2 Å². The monoisotopic (exact) mass is 552 g/mol. The first-order chi connectivity index (χ1) is 19.9. The largest absolute Gasteiger partial charge is 0.457 e. The number of aromatic nitrogens is 4. The van der Waals surface area contributed by atoms with Gasteiger partial charge in [-0.2, -0.15) is 10.4 Å². The lowest BCUT2D eigenvalue weighted by Crippen LogP contribution is -2.42. The molecule has 3 N–H and O–H groups in total. The molecule has 0 unspecified atom stereocenters. The van der Waals surface area contributed by atoms with Gasteiger partial charge in [0.1, 0.15) is 46.8 Å². The zero-order valence-electron chi connectivity index (χ0n) is 22.5. The molecule has 6 rings (SSSR count). The molecule has 1 aliphatic carbocycles. The van der Waals surface area contributed by atoms with Crippen molar-refractivity contribution < 1.29 is 13.9 Å². The number of halogens is 1. The first-order valence-corrected chi connectivity index (χ1v) is 13.5. The summed E-state index contributed by atoms with van der Waals surface area (Å²) in [5.41, 5.74) is 7.13. The molecule has 0 spiro atoms. The van der Waals surface area contributed by atoms with E-state index in [9.17, 15) is 10.1 Å². The topological polar surface area (TPSA) is 135 Å². The van der Waals surface area contributed by atoms with Crippen LogP contribution in [0.25, 0.3) is 22.3 Å². The molecule has 1 amide bonds. The van der Waals surface area contributed by atoms with Gasteiger partial charge in [-0.25, -0.2) is 19.0 Å². The van der Waals surface area contributed by atoms with Crippen LogP contribution >= 0.6 is 0 Å². The molecule has 1 aliphatic heterocycles. The number of nitrogens with two attached hydrogens (primary N) is 1. The maximum absolute atomic E-state index is 15.5. The summed E-state index contributed by atoms with van der Waals surface area (Å²) in [5, 5.41) is 18.2. The van der Waals surface area contributed by atoms with E-state index in [1.54, 1.807) is 39.9 Å². The van der Waals surface area contributed by atoms with Gasteiger partial charge in [0, 0.05) is 30.3 Å². The van der Waals surface area contributed by atoms with Crippen LogP contribution in [0.3, 0.4) is 0 Å². The Hall–Kier alpha value is -4.82. The smallest absolute Gasteiger partial charge is 0.264 e. The van der Waals surface area contributed by atoms with E-state index in [0.29, 0.717) is 47.7 Å². The van der Waals surface area contributed by atoms with Crippen molar-refractivity contribution in [1.82, 2.24) is 30.0 Å². The van der Waals surface area contributed by atoms with Gasteiger partial charge in [-0.3, -0.25) is 4.79 Å². The van der Waals surface area contributed by atoms with Crippen LogP contribution in [-0.2, 0) is 4.79 Å². The predicted molar refractivity (Wildman–Crippen MR) is 151 cm³/mol. The molecule has 2 aromatic carbocycles. The zero-order valence-corrected chi connectivity index (χ0v) is 22.5. The first-order valence-electron chi connectivity index (χ1n) is 13.5. The standard InChI is InChI=1S/C30H29FN8O2/c1-34-30(11-12-30)15-19(16-32)29(40)38-13-5-6-20(17-38)39-28-25(27(33)35-18-36-28)26(37-39)23-10-9-22(14-24(23)31)41-21-7-3-2-4-8-21/h2-4,7-10,14-15,18,20,34H,5-6,11-13,17H2,1H3,(H2,33,35,36)/t20-/m1/s1. The number of benzene rings is 2. The molecule has 41 heavy (non-hydrogen) atoms. The molecule has 10 nitrogen and oxygen atoms in total. The molecule has 11 heteroatoms. The average Bonchev–Trinajstić information content (AvgIpc) is 3.67. The summed E-state index contributed by atoms with van der Waals surface area (Å²) in [7, 11) is 1.83. The second-order valence-electron chi connectivity index (χ2n) is 10.4. The third-order valence-corrected chi connectivity index (χ3v) is 7.78. The van der Waals surface area contributed by atoms with Crippen LogP contribution in [-0.4, -0.2) is 56.2 Å². The van der Waals surface area contributed by atoms with Crippen molar-refractivity contribution in [2.75, 3.05) is 25.9 Å². The Morgan fingerprint density at radius 2 is 2.02 bits per heavy atom. The third-order valence-electron chi connectivity index (χ3n) is 7.78. The molecule has 0 bridgehead atoms. The highest BCUT2D eigenvalue weighted by Gasteiger charge is 2.40. The second-order valence-corrected chi connectivity index (χ2v) is 10.4. The van der Waals surface area contributed by atoms with E-state index in [0.717, 1.165) is 19.3 Å². The number of amides is 1. The number of anilines is 1. The molecular weight excluding hydrogens is 523 g/mol. The quantitative estimate of drug-likeness (QED) is 0.255. The number of carbonyl (C=O) groups excluding carboxylic acids is 1. The highest BCUT2D eigenvalue weighted by molar-refractivity contribution is 5.99. The predicted octanol–water partition coefficient (Wildman–Crippen LogP) is 4.37. The van der Waals surface area contributed by atoms with E-state index in [2.05, 4.69) is 21.4 Å². The summed E-state index contributed by atoms with van der Waals surface area (Å²) in [5.74, 6) is 0.289. The zero-order chi connectivity index (χ0) is 28.6. The number of nitriles is 1. The minimum atomic E-state index is -0.531. The van der Waals surface area contributed by atoms with Crippen LogP contribution in [0.4, 0.5) is 10.2 Å². The number of nitrogen functional groups attached to an aromatic ring is 1. The fourth-order valence-electron chi connectivity index (χ4n) is 5.34. The minimum absolute atomic E-state index is 0.134. The van der Waals surface area contributed by atoms with Crippen molar-refractivity contribution >= 4 is 22.8 Å². The van der Waals surface area contributed by atoms with E-state index >= 15 is 4.39 Å². The molecule has 2 fully saturated rings. The van der Waals surface area contributed by atoms with Crippen LogP contribution in [0.1, 0.15) is 31.7 Å². The summed E-state index contributed by atoms with van der Waals surface area (Å²) >= 11 is 0. The van der Waals surface area contributed by atoms with E-state index in [-0.39, 0.29) is 34.4 Å². The Labute approximate surface area is 236 Å². The van der Waals surface area contributed by atoms with Crippen LogP contribution in [0, 0.1) is 17.1 Å². The summed E-state index contributed by atoms with van der Waals surface area (Å²) in [4.78, 5) is 23.6. The molecule has 1 saturated carbocycles. The fourth-order valence-corrected chi connectivity index (χ4v) is 5.34. The normalized spacial score (nSPS) is 18.2. The number of likely N-dealkylation sites (tertiary alicyclic amines) is 1. The van der Waals surface area contributed by atoms with Gasteiger partial charge in [-0.15, -0.1) is 0 Å². The van der Waals surface area contributed by atoms with Gasteiger partial charge >= 0.3 is 0 Å². The van der Waals surface area contributed by atoms with Crippen molar-refractivity contribution in [3.8, 4) is 28.8 Å². The Morgan fingerprint density at radius 1 is 1.22 bits per heavy atom. The highest BCUT2D eigenvalue weighted by Crippen LogP contribution is 2.38. The molecule has 2 aliphatic rings. The van der Waals surface area contributed by atoms with Gasteiger partial charge in [-0.05, 0) is 63.1 Å². The number of likely N-dealkylation sites (N-methyl/N-ethyl adjacent to an activating group) is 1. The fraction of sp³-hybridized carbons (Fsp3) is 0.300. The van der Waals surface area contributed by atoms with Crippen molar-refractivity contribution in [3.05, 3.63) is 72.3 Å². The molecule has 1 atom stereocenters. The second kappa shape index (κ2) is 10.6. The number of ether oxygens (including phenoxy) is 1. The molecule has 2 aromatic heterocycles. The van der Waals surface area contributed by atoms with E-state index < -0.39 is 5.82 Å². The number of nitrogens with one attached hydrogen (secondary N) is 1. The minimum Gasteiger partial charge on any atom is -0.457 e. The Kier molecular flexibility index (Phi) is 6.85. The number of piperidine rings is 1. The number of nitrogens with zero attached hydrogens (tertiary/aromatic N) is 6. The maximum Gasteiger partial charge on any atom is 0.264 e. The lowest BCUT2D eigenvalue weighted by atomic mass is 10.0. The van der Waals surface area contributed by atoms with Crippen LogP contribution in [0.5, 0.6) is 11.5 Å². The van der Waals surface area contributed by atoms with Gasteiger partial charge in [0.2, 0.25) is 0 Å². The van der Waals surface area contributed by atoms with Gasteiger partial charge < -0.3 is 20.7 Å². The third kappa shape index (κ3) is 5.10. The molecule has 1 saturated heterocycles. The molecule has 0 radical (unpaired) electrons. The van der Waals surface area contributed by atoms with Gasteiger partial charge in [0.25, 0.3) is 5.91 Å². The summed E-state index contributed by atoms with van der Waals surface area (Å²) in [6.07, 6.45) is 6.32. The van der Waals surface area contributed by atoms with Crippen LogP contribution < -0.4 is 15.8 Å². The maximum atomic E-state index is 15.5. The van der Waals surface area contributed by atoms with Gasteiger partial charge in [0.15, 0.2) is 5.65 Å². The molecular formula is C30H29FN8O2. The van der Waals surface area contributed by atoms with E-state index in [1.165, 1.54) is 12.4 Å². The van der Waals surface area contributed by atoms with Crippen molar-refractivity contribution in [1.29, 1.82) is 5.26 Å². The molecule has 4 aromatic rings. The number of para-hydroxylation sites is 1. The van der Waals surface area contributed by atoms with E-state index in [4.69, 9.17) is 15.6 Å². The number of carbonyl (C=O) groups is 1. The number of hydrogen-bond donors (Lipinski definition) is 2. The number of rotatable bonds is 7. The van der Waals surface area contributed by atoms with Crippen LogP contribution in [0.2, 0.25) is 0 Å². The Bertz CT molecular complexity index is 1690. The lowest BCUT2D eigenvalue weighted by Gasteiger charge is -2.33. The number of hydrogen-bond acceptors (Lipinski definition) is 8. The Balaban J connectivity index is 1.32. The average molecular weight is 553 g/mol. The van der Waals surface area contributed by atoms with Crippen molar-refractivity contribution in [2.45, 2.75) is 37.3 Å². The van der Waals surface area contributed by atoms with E-state index in [1.807, 2.05) is 25.2 Å². The summed E-state index contributed by atoms with van der Waals surface area (Å²) in [6.45, 7) is 0.860. The van der Waals surface area contributed by atoms with Crippen molar-refractivity contribution in [3.63, 3.8) is 0 Å². The molecule has 208 valence electrons. The van der Waals surface area contributed by atoms with Crippen LogP contribution in [0.15, 0.2) is 66.5 Å². The summed E-state index contributed by atoms with van der Waals surface area (Å²) in [6, 6.07) is 15.5.